The number of hydrogen-bond acceptors (Lipinski definition) is 8. The monoisotopic (exact) mass is 555 g/mol. The van der Waals surface area contributed by atoms with E-state index in [0.717, 1.165) is 35.2 Å². The van der Waals surface area contributed by atoms with Crippen LogP contribution in [0, 0.1) is 5.92 Å². The zero-order valence-electron chi connectivity index (χ0n) is 20.6. The first kappa shape index (κ1) is 25.6. The number of aromatic nitrogens is 2. The molecule has 1 aromatic heterocycles. The van der Waals surface area contributed by atoms with Gasteiger partial charge in [0.25, 0.3) is 0 Å². The van der Waals surface area contributed by atoms with E-state index >= 15 is 0 Å². The molecule has 36 heavy (non-hydrogen) atoms. The predicted octanol–water partition coefficient (Wildman–Crippen LogP) is 4.54. The Balaban J connectivity index is 1.43. The van der Waals surface area contributed by atoms with Crippen molar-refractivity contribution in [1.29, 1.82) is 0 Å². The second kappa shape index (κ2) is 11.9. The second-order valence-electron chi connectivity index (χ2n) is 8.41. The van der Waals surface area contributed by atoms with Crippen molar-refractivity contribution in [2.45, 2.75) is 19.4 Å². The summed E-state index contributed by atoms with van der Waals surface area (Å²) in [6.45, 7) is 1.94. The number of rotatable bonds is 9. The Bertz CT molecular complexity index is 1180. The number of benzene rings is 2. The molecule has 0 aliphatic carbocycles. The molecular weight excluding hydrogens is 526 g/mol. The molecule has 1 aliphatic heterocycles. The molecule has 1 saturated heterocycles. The Morgan fingerprint density at radius 1 is 1.11 bits per heavy atom. The predicted molar refractivity (Wildman–Crippen MR) is 142 cm³/mol. The van der Waals surface area contributed by atoms with Crippen LogP contribution in [-0.4, -0.2) is 50.3 Å². The third kappa shape index (κ3) is 6.17. The van der Waals surface area contributed by atoms with Crippen molar-refractivity contribution in [2.24, 2.45) is 5.92 Å². The van der Waals surface area contributed by atoms with E-state index in [1.165, 1.54) is 0 Å². The largest absolute Gasteiger partial charge is 0.493 e. The van der Waals surface area contributed by atoms with E-state index in [2.05, 4.69) is 36.4 Å². The molecule has 1 amide bonds. The fraction of sp³-hybridized carbons (Fsp3) is 0.346. The van der Waals surface area contributed by atoms with E-state index in [-0.39, 0.29) is 11.8 Å². The normalized spacial score (nSPS) is 15.2. The van der Waals surface area contributed by atoms with Gasteiger partial charge in [-0.05, 0) is 36.6 Å². The average molecular weight is 556 g/mol. The summed E-state index contributed by atoms with van der Waals surface area (Å²) in [6.07, 6.45) is 3.47. The Kier molecular flexibility index (Phi) is 8.48. The van der Waals surface area contributed by atoms with Gasteiger partial charge >= 0.3 is 0 Å². The number of nitrogens with one attached hydrogen (secondary N) is 2. The molecule has 2 N–H and O–H groups in total. The van der Waals surface area contributed by atoms with Gasteiger partial charge in [0.05, 0.1) is 27.2 Å². The summed E-state index contributed by atoms with van der Waals surface area (Å²) in [5.74, 6) is 2.73. The standard InChI is InChI=1S/C26H30BrN5O4/c1-34-21-13-20(14-22(35-2)24(21)36-3)30-26-28-10-9-23(31-26)32-11-5-7-18(16-32)25(33)29-15-17-6-4-8-19(27)12-17/h4,6,8-10,12-14,18H,5,7,11,15-16H2,1-3H3,(H,29,33)(H,28,30,31). The second-order valence-corrected chi connectivity index (χ2v) is 9.33. The van der Waals surface area contributed by atoms with Gasteiger partial charge in [0, 0.05) is 48.1 Å². The Morgan fingerprint density at radius 3 is 2.58 bits per heavy atom. The van der Waals surface area contributed by atoms with Crippen molar-refractivity contribution >= 4 is 39.3 Å². The van der Waals surface area contributed by atoms with Crippen LogP contribution in [0.15, 0.2) is 53.1 Å². The maximum atomic E-state index is 12.9. The van der Waals surface area contributed by atoms with Crippen molar-refractivity contribution in [3.05, 3.63) is 58.7 Å². The highest BCUT2D eigenvalue weighted by Gasteiger charge is 2.26. The van der Waals surface area contributed by atoms with E-state index < -0.39 is 0 Å². The van der Waals surface area contributed by atoms with E-state index in [4.69, 9.17) is 19.2 Å². The van der Waals surface area contributed by atoms with Crippen LogP contribution in [0.3, 0.4) is 0 Å². The van der Waals surface area contributed by atoms with Crippen LogP contribution < -0.4 is 29.7 Å². The molecule has 2 heterocycles. The van der Waals surface area contributed by atoms with Crippen LogP contribution in [0.25, 0.3) is 0 Å². The van der Waals surface area contributed by atoms with E-state index in [0.29, 0.717) is 42.0 Å². The van der Waals surface area contributed by atoms with E-state index in [1.807, 2.05) is 30.3 Å². The summed E-state index contributed by atoms with van der Waals surface area (Å²) in [5, 5.41) is 6.29. The minimum Gasteiger partial charge on any atom is -0.493 e. The first-order valence-electron chi connectivity index (χ1n) is 11.7. The smallest absolute Gasteiger partial charge is 0.229 e. The van der Waals surface area contributed by atoms with Crippen LogP contribution in [0.5, 0.6) is 17.2 Å². The number of nitrogens with zero attached hydrogens (tertiary/aromatic N) is 3. The summed E-state index contributed by atoms with van der Waals surface area (Å²) < 4.78 is 17.2. The number of hydrogen-bond donors (Lipinski definition) is 2. The average Bonchev–Trinajstić information content (AvgIpc) is 2.91. The summed E-state index contributed by atoms with van der Waals surface area (Å²) in [7, 11) is 4.70. The molecule has 1 fully saturated rings. The van der Waals surface area contributed by atoms with Crippen molar-refractivity contribution in [3.8, 4) is 17.2 Å². The maximum absolute atomic E-state index is 12.9. The number of carbonyl (C=O) groups excluding carboxylic acids is 1. The highest BCUT2D eigenvalue weighted by Crippen LogP contribution is 2.40. The van der Waals surface area contributed by atoms with Crippen LogP contribution in [-0.2, 0) is 11.3 Å². The number of methoxy groups -OCH3 is 3. The third-order valence-electron chi connectivity index (χ3n) is 6.03. The topological polar surface area (TPSA) is 97.8 Å². The lowest BCUT2D eigenvalue weighted by molar-refractivity contribution is -0.125. The lowest BCUT2D eigenvalue weighted by Crippen LogP contribution is -2.43. The van der Waals surface area contributed by atoms with Crippen LogP contribution >= 0.6 is 15.9 Å². The van der Waals surface area contributed by atoms with Crippen molar-refractivity contribution in [3.63, 3.8) is 0 Å². The molecule has 190 valence electrons. The van der Waals surface area contributed by atoms with Gasteiger partial charge in [0.15, 0.2) is 11.5 Å². The SMILES string of the molecule is COc1cc(Nc2nccc(N3CCCC(C(=O)NCc4cccc(Br)c4)C3)n2)cc(OC)c1OC. The molecule has 0 saturated carbocycles. The molecule has 3 aromatic rings. The lowest BCUT2D eigenvalue weighted by atomic mass is 9.97. The van der Waals surface area contributed by atoms with E-state index in [9.17, 15) is 4.79 Å². The number of carbonyl (C=O) groups is 1. The number of anilines is 3. The fourth-order valence-corrected chi connectivity index (χ4v) is 4.69. The maximum Gasteiger partial charge on any atom is 0.229 e. The fourth-order valence-electron chi connectivity index (χ4n) is 4.25. The van der Waals surface area contributed by atoms with Crippen LogP contribution in [0.1, 0.15) is 18.4 Å². The number of ether oxygens (including phenoxy) is 3. The molecule has 2 aromatic carbocycles. The number of amides is 1. The quantitative estimate of drug-likeness (QED) is 0.397. The Hall–Kier alpha value is -3.53. The Labute approximate surface area is 219 Å². The van der Waals surface area contributed by atoms with Gasteiger partial charge < -0.3 is 29.7 Å². The zero-order chi connectivity index (χ0) is 25.5. The highest BCUT2D eigenvalue weighted by molar-refractivity contribution is 9.10. The van der Waals surface area contributed by atoms with Gasteiger partial charge in [-0.25, -0.2) is 4.98 Å². The third-order valence-corrected chi connectivity index (χ3v) is 6.53. The molecule has 4 rings (SSSR count). The van der Waals surface area contributed by atoms with Gasteiger partial charge in [-0.3, -0.25) is 4.79 Å². The molecule has 1 aliphatic rings. The lowest BCUT2D eigenvalue weighted by Gasteiger charge is -2.33. The van der Waals surface area contributed by atoms with Gasteiger partial charge in [-0.2, -0.15) is 4.98 Å². The van der Waals surface area contributed by atoms with Gasteiger partial charge in [-0.15, -0.1) is 0 Å². The van der Waals surface area contributed by atoms with Crippen molar-refractivity contribution in [1.82, 2.24) is 15.3 Å². The van der Waals surface area contributed by atoms with Gasteiger partial charge in [0.2, 0.25) is 17.6 Å². The summed E-state index contributed by atoms with van der Waals surface area (Å²) in [5.41, 5.74) is 1.76. The van der Waals surface area contributed by atoms with Crippen molar-refractivity contribution in [2.75, 3.05) is 44.6 Å². The molecule has 1 atom stereocenters. The minimum absolute atomic E-state index is 0.0597. The molecular formula is C26H30BrN5O4. The molecule has 0 radical (unpaired) electrons. The zero-order valence-corrected chi connectivity index (χ0v) is 22.2. The minimum atomic E-state index is -0.104. The van der Waals surface area contributed by atoms with Crippen LogP contribution in [0.2, 0.25) is 0 Å². The van der Waals surface area contributed by atoms with Gasteiger partial charge in [-0.1, -0.05) is 28.1 Å². The summed E-state index contributed by atoms with van der Waals surface area (Å²) >= 11 is 3.47. The highest BCUT2D eigenvalue weighted by atomic mass is 79.9. The molecule has 10 heteroatoms. The summed E-state index contributed by atoms with van der Waals surface area (Å²) in [6, 6.07) is 13.4. The molecule has 9 nitrogen and oxygen atoms in total. The molecule has 0 spiro atoms. The first-order valence-corrected chi connectivity index (χ1v) is 12.5. The molecule has 0 bridgehead atoms. The van der Waals surface area contributed by atoms with E-state index in [1.54, 1.807) is 39.7 Å². The van der Waals surface area contributed by atoms with Gasteiger partial charge in [0.1, 0.15) is 5.82 Å². The molecule has 1 unspecified atom stereocenters. The Morgan fingerprint density at radius 2 is 1.89 bits per heavy atom. The number of halogens is 1. The van der Waals surface area contributed by atoms with Crippen molar-refractivity contribution < 1.29 is 19.0 Å². The summed E-state index contributed by atoms with van der Waals surface area (Å²) in [4.78, 5) is 24.1. The first-order chi connectivity index (χ1) is 17.5. The van der Waals surface area contributed by atoms with Crippen LogP contribution in [0.4, 0.5) is 17.5 Å². The number of piperidine rings is 1.